The van der Waals surface area contributed by atoms with Gasteiger partial charge >= 0.3 is 0 Å². The number of carbonyl (C=O) groups is 3. The van der Waals surface area contributed by atoms with Gasteiger partial charge in [0.25, 0.3) is 0 Å². The van der Waals surface area contributed by atoms with Crippen LogP contribution < -0.4 is 0 Å². The van der Waals surface area contributed by atoms with E-state index in [0.29, 0.717) is 13.1 Å². The van der Waals surface area contributed by atoms with Crippen LogP contribution in [0.4, 0.5) is 0 Å². The van der Waals surface area contributed by atoms with Crippen LogP contribution in [0.5, 0.6) is 0 Å². The van der Waals surface area contributed by atoms with E-state index in [1.54, 1.807) is 9.80 Å². The summed E-state index contributed by atoms with van der Waals surface area (Å²) in [4.78, 5) is 40.9. The van der Waals surface area contributed by atoms with Crippen LogP contribution in [0.25, 0.3) is 0 Å². The summed E-state index contributed by atoms with van der Waals surface area (Å²) in [5, 5.41) is 0. The maximum atomic E-state index is 13.2. The fourth-order valence-electron chi connectivity index (χ4n) is 4.83. The molecule has 2 heterocycles. The lowest BCUT2D eigenvalue weighted by Crippen LogP contribution is -2.51. The Morgan fingerprint density at radius 3 is 2.46 bits per heavy atom. The van der Waals surface area contributed by atoms with E-state index in [-0.39, 0.29) is 29.8 Å². The Morgan fingerprint density at radius 2 is 1.65 bits per heavy atom. The molecular formula is C21H26N2O3. The van der Waals surface area contributed by atoms with E-state index < -0.39 is 0 Å². The second-order valence-corrected chi connectivity index (χ2v) is 7.78. The van der Waals surface area contributed by atoms with Gasteiger partial charge in [0.1, 0.15) is 12.3 Å². The number of aryl methyl sites for hydroxylation is 1. The van der Waals surface area contributed by atoms with Crippen LogP contribution in [0.1, 0.15) is 43.2 Å². The summed E-state index contributed by atoms with van der Waals surface area (Å²) < 4.78 is 0. The van der Waals surface area contributed by atoms with Crippen molar-refractivity contribution >= 4 is 18.1 Å². The molecule has 2 fully saturated rings. The van der Waals surface area contributed by atoms with E-state index in [2.05, 4.69) is 18.2 Å². The number of carbonyl (C=O) groups excluding carboxylic acids is 3. The third kappa shape index (κ3) is 3.04. The minimum Gasteiger partial charge on any atom is -0.331 e. The number of amides is 2. The first-order chi connectivity index (χ1) is 12.7. The number of nitrogens with zero attached hydrogens (tertiary/aromatic N) is 2. The molecule has 26 heavy (non-hydrogen) atoms. The first-order valence-electron chi connectivity index (χ1n) is 9.82. The Labute approximate surface area is 154 Å². The Kier molecular flexibility index (Phi) is 4.79. The molecule has 1 aromatic carbocycles. The van der Waals surface area contributed by atoms with Gasteiger partial charge in [0, 0.05) is 19.0 Å². The molecule has 1 aliphatic carbocycles. The van der Waals surface area contributed by atoms with Crippen molar-refractivity contribution in [1.82, 2.24) is 9.80 Å². The summed E-state index contributed by atoms with van der Waals surface area (Å²) in [5.41, 5.74) is 2.61. The molecule has 2 aliphatic heterocycles. The predicted octanol–water partition coefficient (Wildman–Crippen LogP) is 1.97. The van der Waals surface area contributed by atoms with Crippen molar-refractivity contribution in [2.45, 2.75) is 57.0 Å². The number of hydrogen-bond acceptors (Lipinski definition) is 3. The highest BCUT2D eigenvalue weighted by Gasteiger charge is 2.41. The Balaban J connectivity index is 1.47. The molecule has 0 N–H and O–H groups in total. The third-order valence-corrected chi connectivity index (χ3v) is 6.26. The number of aldehydes is 1. The molecule has 0 radical (unpaired) electrons. The molecule has 1 unspecified atom stereocenters. The molecule has 0 saturated carbocycles. The molecule has 0 bridgehead atoms. The molecule has 1 aromatic rings. The zero-order valence-corrected chi connectivity index (χ0v) is 15.1. The minimum atomic E-state index is -0.375. The molecule has 3 atom stereocenters. The molecule has 3 aliphatic rings. The molecular weight excluding hydrogens is 328 g/mol. The average molecular weight is 354 g/mol. The van der Waals surface area contributed by atoms with Gasteiger partial charge in [-0.25, -0.2) is 0 Å². The smallest absolute Gasteiger partial charge is 0.245 e. The van der Waals surface area contributed by atoms with E-state index in [0.717, 1.165) is 51.2 Å². The van der Waals surface area contributed by atoms with Crippen LogP contribution in [0.15, 0.2) is 24.3 Å². The molecule has 138 valence electrons. The number of hydrogen-bond donors (Lipinski definition) is 0. The predicted molar refractivity (Wildman–Crippen MR) is 97.5 cm³/mol. The van der Waals surface area contributed by atoms with Crippen LogP contribution in [0.3, 0.4) is 0 Å². The average Bonchev–Trinajstić information content (AvgIpc) is 3.35. The highest BCUT2D eigenvalue weighted by molar-refractivity contribution is 5.90. The van der Waals surface area contributed by atoms with Crippen molar-refractivity contribution in [1.29, 1.82) is 0 Å². The Bertz CT molecular complexity index is 717. The second-order valence-electron chi connectivity index (χ2n) is 7.78. The maximum absolute atomic E-state index is 13.2. The summed E-state index contributed by atoms with van der Waals surface area (Å²) >= 11 is 0. The molecule has 2 amide bonds. The monoisotopic (exact) mass is 354 g/mol. The van der Waals surface area contributed by atoms with E-state index in [4.69, 9.17) is 0 Å². The number of benzene rings is 1. The van der Waals surface area contributed by atoms with Crippen molar-refractivity contribution < 1.29 is 14.4 Å². The fraction of sp³-hybridized carbons (Fsp3) is 0.571. The lowest BCUT2D eigenvalue weighted by Gasteiger charge is -2.33. The summed E-state index contributed by atoms with van der Waals surface area (Å²) in [5.74, 6) is 0.0672. The van der Waals surface area contributed by atoms with E-state index >= 15 is 0 Å². The summed E-state index contributed by atoms with van der Waals surface area (Å²) in [6.07, 6.45) is 6.63. The number of fused-ring (bicyclic) bond motifs is 1. The molecule has 5 nitrogen and oxygen atoms in total. The minimum absolute atomic E-state index is 0.0262. The SMILES string of the molecule is O=C[C@@H]1CCCN1C(=O)[C@@H]1CCCN1C(=O)C1CCc2ccccc2C1. The molecule has 0 aromatic heterocycles. The molecule has 2 saturated heterocycles. The van der Waals surface area contributed by atoms with Crippen LogP contribution in [0, 0.1) is 5.92 Å². The maximum Gasteiger partial charge on any atom is 0.245 e. The van der Waals surface area contributed by atoms with Gasteiger partial charge in [-0.15, -0.1) is 0 Å². The van der Waals surface area contributed by atoms with Crippen LogP contribution in [0.2, 0.25) is 0 Å². The molecule has 0 spiro atoms. The third-order valence-electron chi connectivity index (χ3n) is 6.26. The van der Waals surface area contributed by atoms with Crippen molar-refractivity contribution in [2.75, 3.05) is 13.1 Å². The summed E-state index contributed by atoms with van der Waals surface area (Å²) in [6, 6.07) is 7.66. The van der Waals surface area contributed by atoms with Gasteiger partial charge in [0.15, 0.2) is 0 Å². The Hall–Kier alpha value is -2.17. The van der Waals surface area contributed by atoms with E-state index in [1.165, 1.54) is 11.1 Å². The van der Waals surface area contributed by atoms with Crippen molar-refractivity contribution in [3.8, 4) is 0 Å². The first kappa shape index (κ1) is 17.3. The first-order valence-corrected chi connectivity index (χ1v) is 9.82. The zero-order chi connectivity index (χ0) is 18.1. The normalized spacial score (nSPS) is 28.1. The Morgan fingerprint density at radius 1 is 0.923 bits per heavy atom. The van der Waals surface area contributed by atoms with Gasteiger partial charge in [-0.05, 0) is 56.1 Å². The highest BCUT2D eigenvalue weighted by atomic mass is 16.2. The van der Waals surface area contributed by atoms with Crippen LogP contribution >= 0.6 is 0 Å². The zero-order valence-electron chi connectivity index (χ0n) is 15.1. The van der Waals surface area contributed by atoms with Gasteiger partial charge in [-0.3, -0.25) is 9.59 Å². The summed E-state index contributed by atoms with van der Waals surface area (Å²) in [6.45, 7) is 1.30. The van der Waals surface area contributed by atoms with Gasteiger partial charge in [0.2, 0.25) is 11.8 Å². The van der Waals surface area contributed by atoms with Crippen LogP contribution in [-0.2, 0) is 27.2 Å². The lowest BCUT2D eigenvalue weighted by molar-refractivity contribution is -0.147. The molecule has 4 rings (SSSR count). The van der Waals surface area contributed by atoms with Gasteiger partial charge in [-0.2, -0.15) is 0 Å². The van der Waals surface area contributed by atoms with Crippen molar-refractivity contribution in [3.63, 3.8) is 0 Å². The number of likely N-dealkylation sites (tertiary alicyclic amines) is 2. The number of rotatable bonds is 3. The van der Waals surface area contributed by atoms with Crippen molar-refractivity contribution in [3.05, 3.63) is 35.4 Å². The fourth-order valence-corrected chi connectivity index (χ4v) is 4.83. The van der Waals surface area contributed by atoms with Gasteiger partial charge in [0.05, 0.1) is 6.04 Å². The molecule has 5 heteroatoms. The quantitative estimate of drug-likeness (QED) is 0.780. The van der Waals surface area contributed by atoms with Crippen LogP contribution in [-0.4, -0.2) is 53.1 Å². The van der Waals surface area contributed by atoms with Gasteiger partial charge in [-0.1, -0.05) is 24.3 Å². The topological polar surface area (TPSA) is 57.7 Å². The highest BCUT2D eigenvalue weighted by Crippen LogP contribution is 2.30. The standard InChI is InChI=1S/C21H26N2O3/c24-14-18-7-3-11-22(18)21(26)19-8-4-12-23(19)20(25)17-10-9-15-5-1-2-6-16(15)13-17/h1-2,5-6,14,17-19H,3-4,7-13H2/t17?,18-,19-/m0/s1. The lowest BCUT2D eigenvalue weighted by atomic mass is 9.83. The summed E-state index contributed by atoms with van der Waals surface area (Å²) in [7, 11) is 0. The van der Waals surface area contributed by atoms with Crippen molar-refractivity contribution in [2.24, 2.45) is 5.92 Å². The second kappa shape index (κ2) is 7.22. The van der Waals surface area contributed by atoms with E-state index in [1.807, 2.05) is 6.07 Å². The largest absolute Gasteiger partial charge is 0.331 e. The van der Waals surface area contributed by atoms with Gasteiger partial charge < -0.3 is 14.6 Å². The van der Waals surface area contributed by atoms with E-state index in [9.17, 15) is 14.4 Å².